The lowest BCUT2D eigenvalue weighted by molar-refractivity contribution is -0.127. The van der Waals surface area contributed by atoms with Crippen molar-refractivity contribution in [2.45, 2.75) is 169 Å². The molecule has 0 aromatic carbocycles. The molecule has 4 fully saturated rings. The molecule has 0 saturated carbocycles. The predicted molar refractivity (Wildman–Crippen MR) is 515 cm³/mol. The van der Waals surface area contributed by atoms with Gasteiger partial charge in [0, 0.05) is 98.8 Å². The molecule has 143 heavy (non-hydrogen) atoms. The quantitative estimate of drug-likeness (QED) is 0.0142. The number of anilines is 2. The van der Waals surface area contributed by atoms with Crippen LogP contribution in [0.4, 0.5) is 47.6 Å². The lowest BCUT2D eigenvalue weighted by atomic mass is 10.1. The highest BCUT2D eigenvalue weighted by Crippen LogP contribution is 2.40. The topological polar surface area (TPSA) is 446 Å². The van der Waals surface area contributed by atoms with Crippen LogP contribution in [0.5, 0.6) is 29.4 Å². The van der Waals surface area contributed by atoms with E-state index in [9.17, 15) is 64.7 Å². The monoisotopic (exact) mass is 2070 g/mol. The Balaban J connectivity index is 0.000000172. The first kappa shape index (κ1) is 110. The Bertz CT molecular complexity index is 6500. The third-order valence-electron chi connectivity index (χ3n) is 21.2. The Morgan fingerprint density at radius 3 is 1.45 bits per heavy atom. The number of carbonyl (C=O) groups excluding carboxylic acids is 7. The molecule has 5 aliphatic rings. The molecule has 0 aliphatic carbocycles. The van der Waals surface area contributed by atoms with Crippen molar-refractivity contribution in [3.63, 3.8) is 0 Å². The largest absolute Gasteiger partial charge is 0.481 e. The van der Waals surface area contributed by atoms with E-state index in [4.69, 9.17) is 59.0 Å². The van der Waals surface area contributed by atoms with Crippen LogP contribution < -0.4 is 49.7 Å². The van der Waals surface area contributed by atoms with Gasteiger partial charge in [-0.15, -0.1) is 0 Å². The van der Waals surface area contributed by atoms with Gasteiger partial charge in [0.1, 0.15) is 79.6 Å². The number of aliphatic imine (C=N–C) groups is 1. The Morgan fingerprint density at radius 2 is 0.972 bits per heavy atom. The minimum absolute atomic E-state index is 0.0894. The van der Waals surface area contributed by atoms with E-state index in [0.717, 1.165) is 119 Å². The molecule has 3 amide bonds. The maximum atomic E-state index is 13.8. The minimum Gasteiger partial charge on any atom is -0.481 e. The average molecular weight is 2080 g/mol. The molecule has 17 heterocycles. The van der Waals surface area contributed by atoms with Gasteiger partial charge in [-0.2, -0.15) is 15.3 Å². The van der Waals surface area contributed by atoms with Crippen LogP contribution in [0, 0.1) is 34.9 Å². The van der Waals surface area contributed by atoms with Gasteiger partial charge in [0.15, 0.2) is 22.7 Å². The van der Waals surface area contributed by atoms with Crippen molar-refractivity contribution in [2.75, 3.05) is 104 Å². The SMILES string of the molecule is CC(C)(C)OC(=O)N1CCCC1=O.CCOC(=O)c1cnn2ccc(Cl)nc12.CCOC(=O)c1cnn2ccc(N3CCCC3c3cc(F)c[nH]c3=O)nc12.CCOC(=O)c1cnn2ccc(N3CCCC3c3cc(F)cnc3OC)nc12.COc1ncc(F)cc1Br.COc1ncc(F)cc1C(=O)CCCNC(=O)OC(C)(C)C.COc1ncc(F)cc1C1=NCCC1.COc1ncc(F)cc1C1CCCN1. The maximum Gasteiger partial charge on any atom is 0.417 e. The third-order valence-corrected chi connectivity index (χ3v) is 21.9. The number of carbonyl (C=O) groups is 7. The van der Waals surface area contributed by atoms with E-state index in [1.165, 1.54) is 102 Å². The fourth-order valence-corrected chi connectivity index (χ4v) is 15.6. The zero-order valence-electron chi connectivity index (χ0n) is 81.1. The van der Waals surface area contributed by atoms with Crippen molar-refractivity contribution in [1.29, 1.82) is 0 Å². The minimum atomic E-state index is -0.601. The summed E-state index contributed by atoms with van der Waals surface area (Å²) in [6.45, 7) is 20.7. The number of aromatic nitrogens is 15. The summed E-state index contributed by atoms with van der Waals surface area (Å²) in [4.78, 5) is 138. The molecule has 4 saturated heterocycles. The number of amides is 3. The van der Waals surface area contributed by atoms with E-state index in [1.807, 2.05) is 11.0 Å². The first-order valence-corrected chi connectivity index (χ1v) is 46.6. The first-order chi connectivity index (χ1) is 68.4. The molecule has 0 spiro atoms. The molecular formula is C96H111BrClF6N21O18. The number of hydrogen-bond donors (Lipinski definition) is 3. The van der Waals surface area contributed by atoms with E-state index in [-0.39, 0.29) is 96.0 Å². The van der Waals surface area contributed by atoms with Crippen LogP contribution in [-0.2, 0) is 28.5 Å². The normalized spacial score (nSPS) is 15.1. The van der Waals surface area contributed by atoms with Gasteiger partial charge in [-0.1, -0.05) is 11.6 Å². The van der Waals surface area contributed by atoms with Crippen LogP contribution in [0.2, 0.25) is 5.15 Å². The summed E-state index contributed by atoms with van der Waals surface area (Å²) in [5, 5.41) is 18.4. The molecule has 12 aromatic heterocycles. The summed E-state index contributed by atoms with van der Waals surface area (Å²) in [5.41, 5.74) is 4.25. The Hall–Kier alpha value is -14.6. The number of esters is 3. The van der Waals surface area contributed by atoms with Crippen molar-refractivity contribution in [2.24, 2.45) is 4.99 Å². The molecule has 5 aliphatic heterocycles. The second-order valence-electron chi connectivity index (χ2n) is 33.5. The van der Waals surface area contributed by atoms with Crippen molar-refractivity contribution < 1.29 is 107 Å². The van der Waals surface area contributed by atoms with Crippen molar-refractivity contribution in [3.8, 4) is 29.4 Å². The number of ketones is 1. The fraction of sp³-hybridized carbons (Fsp3) is 0.417. The third kappa shape index (κ3) is 31.2. The van der Waals surface area contributed by atoms with E-state index >= 15 is 0 Å². The van der Waals surface area contributed by atoms with Crippen molar-refractivity contribution in [3.05, 3.63) is 228 Å². The highest BCUT2D eigenvalue weighted by molar-refractivity contribution is 9.10. The lowest BCUT2D eigenvalue weighted by Gasteiger charge is -2.26. The molecule has 0 bridgehead atoms. The molecule has 3 N–H and O–H groups in total. The summed E-state index contributed by atoms with van der Waals surface area (Å²) >= 11 is 8.80. The van der Waals surface area contributed by atoms with E-state index in [1.54, 1.807) is 100 Å². The summed E-state index contributed by atoms with van der Waals surface area (Å²) in [6, 6.07) is 13.0. The summed E-state index contributed by atoms with van der Waals surface area (Å²) in [6.07, 6.45) is 24.0. The zero-order chi connectivity index (χ0) is 104. The van der Waals surface area contributed by atoms with Gasteiger partial charge in [-0.25, -0.2) is 109 Å². The molecular weight excluding hydrogens is 1960 g/mol. The molecule has 0 radical (unpaired) electrons. The van der Waals surface area contributed by atoms with Crippen LogP contribution >= 0.6 is 27.5 Å². The second-order valence-corrected chi connectivity index (χ2v) is 34.7. The number of aromatic amines is 1. The van der Waals surface area contributed by atoms with Crippen LogP contribution in [0.3, 0.4) is 0 Å². The number of ether oxygens (including phenoxy) is 10. The maximum absolute atomic E-state index is 13.8. The number of H-pyrrole nitrogens is 1. The van der Waals surface area contributed by atoms with Crippen LogP contribution in [0.15, 0.2) is 143 Å². The predicted octanol–water partition coefficient (Wildman–Crippen LogP) is 16.1. The molecule has 3 unspecified atom stereocenters. The summed E-state index contributed by atoms with van der Waals surface area (Å²) < 4.78 is 134. The standard InChI is InChI=1S/C19H20FN5O3.C18H18FN5O3.C15H21FN2O4.C10H13FN2O.C10H11FN2O.C9H8ClN3O2.C9H15NO3.C6H5BrFNO/c1-3-28-19(26)14-11-22-25-8-6-16(23-17(14)25)24-7-4-5-15(24)13-9-12(20)10-21-18(13)27-2;1-2-27-18(26)13-10-21-24-7-5-15(22-16(13)24)23-6-3-4-14(23)12-8-11(19)9-20-17(12)25;1-15(2,3)22-14(20)17-7-5-6-12(19)11-8-10(16)9-18-13(11)21-4;2*1-14-10-8(5-7(11)6-13-10)9-3-2-4-12-9;1-2-15-9(14)6-5-11-13-4-3-7(10)12-8(6)13;1-9(2,3)13-8(12)10-6-4-5-7(10)11;1-10-6-5(7)2-4(8)3-9-6/h6,8-11,15H,3-5,7H2,1-2H3;5,7-10,14H,2-4,6H2,1H3,(H,20,25);8-9H,5-7H2,1-4H3,(H,17,20);5-6,9,12H,2-4H2,1H3;5-6H,2-4H2,1H3;3-5H,2H2,1H3;4-6H2,1-3H3;2-3H,1H3. The average Bonchev–Trinajstić information content (AvgIpc) is 1.64. The van der Waals surface area contributed by atoms with Gasteiger partial charge in [0.05, 0.1) is 133 Å². The van der Waals surface area contributed by atoms with Gasteiger partial charge >= 0.3 is 30.1 Å². The number of halogens is 8. The van der Waals surface area contributed by atoms with Gasteiger partial charge in [-0.3, -0.25) is 19.4 Å². The van der Waals surface area contributed by atoms with Gasteiger partial charge in [-0.05, 0) is 204 Å². The number of methoxy groups -OCH3 is 5. The van der Waals surface area contributed by atoms with E-state index in [2.05, 4.69) is 96.6 Å². The molecule has 3 atom stereocenters. The second kappa shape index (κ2) is 52.8. The van der Waals surface area contributed by atoms with Gasteiger partial charge in [0.25, 0.3) is 5.56 Å². The summed E-state index contributed by atoms with van der Waals surface area (Å²) in [5.74, 6) is -1.24. The number of rotatable bonds is 22. The van der Waals surface area contributed by atoms with Crippen LogP contribution in [0.1, 0.15) is 221 Å². The summed E-state index contributed by atoms with van der Waals surface area (Å²) in [7, 11) is 7.44. The molecule has 12 aromatic rings. The van der Waals surface area contributed by atoms with E-state index in [0.29, 0.717) is 128 Å². The number of likely N-dealkylation sites (tertiary alicyclic amines) is 1. The number of hydrogen-bond acceptors (Lipinski definition) is 33. The number of pyridine rings is 6. The highest BCUT2D eigenvalue weighted by Gasteiger charge is 2.35. The van der Waals surface area contributed by atoms with Crippen LogP contribution in [-0.4, -0.2) is 232 Å². The molecule has 39 nitrogen and oxygen atoms in total. The first-order valence-electron chi connectivity index (χ1n) is 45.5. The number of fused-ring (bicyclic) bond motifs is 3. The van der Waals surface area contributed by atoms with Gasteiger partial charge < -0.3 is 72.8 Å². The van der Waals surface area contributed by atoms with Gasteiger partial charge in [0.2, 0.25) is 35.3 Å². The number of Topliss-reactive ketones (excluding diaryl/α,β-unsaturated/α-hetero) is 1. The number of nitrogens with one attached hydrogen (secondary N) is 3. The number of alkyl carbamates (subject to hydrolysis) is 1. The molecule has 764 valence electrons. The van der Waals surface area contributed by atoms with Crippen molar-refractivity contribution >= 4 is 104 Å². The number of imide groups is 1. The fourth-order valence-electron chi connectivity index (χ4n) is 15.0. The smallest absolute Gasteiger partial charge is 0.417 e. The van der Waals surface area contributed by atoms with Crippen LogP contribution in [0.25, 0.3) is 16.9 Å². The lowest BCUT2D eigenvalue weighted by Crippen LogP contribution is -2.37. The Labute approximate surface area is 831 Å². The highest BCUT2D eigenvalue weighted by atomic mass is 79.9. The van der Waals surface area contributed by atoms with E-state index < -0.39 is 58.7 Å². The molecule has 47 heteroatoms. The Morgan fingerprint density at radius 1 is 0.503 bits per heavy atom. The number of nitrogens with zero attached hydrogens (tertiary/aromatic N) is 18. The zero-order valence-corrected chi connectivity index (χ0v) is 83.5. The molecule has 17 rings (SSSR count). The van der Waals surface area contributed by atoms with Crippen molar-refractivity contribution in [1.82, 2.24) is 89.2 Å². The Kier molecular flexibility index (Phi) is 40.8.